The fraction of sp³-hybridized carbons (Fsp3) is 0.259. The highest BCUT2D eigenvalue weighted by molar-refractivity contribution is 6.31. The Morgan fingerprint density at radius 1 is 1.03 bits per heavy atom. The van der Waals surface area contributed by atoms with Gasteiger partial charge in [-0.3, -0.25) is 9.78 Å². The van der Waals surface area contributed by atoms with E-state index in [4.69, 9.17) is 11.6 Å². The number of hydrogen-bond acceptors (Lipinski definition) is 5. The van der Waals surface area contributed by atoms with Crippen LogP contribution in [0.25, 0.3) is 22.0 Å². The Hall–Kier alpha value is -3.51. The summed E-state index contributed by atoms with van der Waals surface area (Å²) in [5, 5.41) is 5.18. The van der Waals surface area contributed by atoms with Crippen LogP contribution < -0.4 is 5.32 Å². The number of nitrogens with one attached hydrogen (secondary N) is 1. The third kappa shape index (κ3) is 4.33. The van der Waals surface area contributed by atoms with E-state index in [1.807, 2.05) is 29.2 Å². The zero-order valence-corrected chi connectivity index (χ0v) is 19.4. The fourth-order valence-corrected chi connectivity index (χ4v) is 4.42. The lowest BCUT2D eigenvalue weighted by molar-refractivity contribution is 0.0729. The maximum Gasteiger partial charge on any atom is 0.255 e. The smallest absolute Gasteiger partial charge is 0.255 e. The quantitative estimate of drug-likeness (QED) is 0.374. The summed E-state index contributed by atoms with van der Waals surface area (Å²) in [7, 11) is 0. The number of aromatic nitrogens is 3. The number of rotatable bonds is 7. The molecule has 7 heteroatoms. The topological polar surface area (TPSA) is 71.0 Å². The minimum Gasteiger partial charge on any atom is -0.367 e. The molecule has 2 aromatic heterocycles. The number of halogens is 1. The van der Waals surface area contributed by atoms with E-state index >= 15 is 0 Å². The van der Waals surface area contributed by atoms with Crippen molar-refractivity contribution in [3.05, 3.63) is 83.4 Å². The minimum atomic E-state index is -0.00397. The average Bonchev–Trinajstić information content (AvgIpc) is 3.79. The van der Waals surface area contributed by atoms with E-state index < -0.39 is 0 Å². The van der Waals surface area contributed by atoms with Crippen molar-refractivity contribution in [2.45, 2.75) is 44.3 Å². The summed E-state index contributed by atoms with van der Waals surface area (Å²) in [4.78, 5) is 28.1. The van der Waals surface area contributed by atoms with E-state index in [9.17, 15) is 4.79 Å². The lowest BCUT2D eigenvalue weighted by Crippen LogP contribution is -2.32. The SMILES string of the molecule is O=C(c1cccnc1)N(Cc1cc(-c2ccc3ncnc(NC4CC4)c3c2)ccc1Cl)C1CC1. The largest absolute Gasteiger partial charge is 0.367 e. The number of hydrogen-bond donors (Lipinski definition) is 1. The van der Waals surface area contributed by atoms with Gasteiger partial charge in [-0.25, -0.2) is 9.97 Å². The Balaban J connectivity index is 1.32. The molecule has 4 aromatic rings. The summed E-state index contributed by atoms with van der Waals surface area (Å²) < 4.78 is 0. The molecule has 6 nitrogen and oxygen atoms in total. The molecule has 0 radical (unpaired) electrons. The molecule has 0 unspecified atom stereocenters. The Labute approximate surface area is 203 Å². The van der Waals surface area contributed by atoms with Crippen LogP contribution in [0.3, 0.4) is 0 Å². The summed E-state index contributed by atoms with van der Waals surface area (Å²) in [6, 6.07) is 16.6. The summed E-state index contributed by atoms with van der Waals surface area (Å²) in [6.07, 6.45) is 9.31. The molecule has 0 aliphatic heterocycles. The van der Waals surface area contributed by atoms with Crippen LogP contribution in [-0.4, -0.2) is 37.8 Å². The standard InChI is InChI=1S/C27H24ClN5O/c28-24-9-3-17(18-4-10-25-23(13-18)26(31-16-30-25)32-21-5-6-21)12-20(24)15-33(22-7-8-22)27(34)19-2-1-11-29-14-19/h1-4,9-14,16,21-22H,5-8,15H2,(H,30,31,32). The number of carbonyl (C=O) groups excluding carboxylic acids is 1. The van der Waals surface area contributed by atoms with Gasteiger partial charge < -0.3 is 10.2 Å². The van der Waals surface area contributed by atoms with Gasteiger partial charge in [-0.1, -0.05) is 23.7 Å². The molecule has 2 aliphatic carbocycles. The second kappa shape index (κ2) is 8.69. The maximum absolute atomic E-state index is 13.2. The fourth-order valence-electron chi connectivity index (χ4n) is 4.24. The third-order valence-corrected chi connectivity index (χ3v) is 6.80. The van der Waals surface area contributed by atoms with Crippen molar-refractivity contribution in [3.63, 3.8) is 0 Å². The van der Waals surface area contributed by atoms with Crippen molar-refractivity contribution < 1.29 is 4.79 Å². The predicted molar refractivity (Wildman–Crippen MR) is 134 cm³/mol. The van der Waals surface area contributed by atoms with Gasteiger partial charge >= 0.3 is 0 Å². The van der Waals surface area contributed by atoms with Crippen LogP contribution >= 0.6 is 11.6 Å². The first-order chi connectivity index (χ1) is 16.7. The number of fused-ring (bicyclic) bond motifs is 1. The monoisotopic (exact) mass is 469 g/mol. The van der Waals surface area contributed by atoms with E-state index in [1.54, 1.807) is 24.8 Å². The summed E-state index contributed by atoms with van der Waals surface area (Å²) in [6.45, 7) is 0.468. The number of carbonyl (C=O) groups is 1. The molecule has 1 amide bonds. The van der Waals surface area contributed by atoms with Crippen LogP contribution in [0.2, 0.25) is 5.02 Å². The Morgan fingerprint density at radius 2 is 1.85 bits per heavy atom. The zero-order valence-electron chi connectivity index (χ0n) is 18.6. The number of benzene rings is 2. The van der Waals surface area contributed by atoms with Crippen molar-refractivity contribution in [3.8, 4) is 11.1 Å². The highest BCUT2D eigenvalue weighted by Gasteiger charge is 2.33. The average molecular weight is 470 g/mol. The van der Waals surface area contributed by atoms with Crippen molar-refractivity contribution in [1.29, 1.82) is 0 Å². The second-order valence-corrected chi connectivity index (χ2v) is 9.49. The highest BCUT2D eigenvalue weighted by atomic mass is 35.5. The second-order valence-electron chi connectivity index (χ2n) is 9.08. The normalized spacial score (nSPS) is 15.3. The molecule has 0 bridgehead atoms. The number of nitrogens with zero attached hydrogens (tertiary/aromatic N) is 4. The molecule has 6 rings (SSSR count). The van der Waals surface area contributed by atoms with E-state index in [-0.39, 0.29) is 11.9 Å². The van der Waals surface area contributed by atoms with Gasteiger partial charge in [-0.15, -0.1) is 0 Å². The van der Waals surface area contributed by atoms with Gasteiger partial charge in [0.1, 0.15) is 12.1 Å². The molecule has 2 fully saturated rings. The molecule has 0 saturated heterocycles. The van der Waals surface area contributed by atoms with Gasteiger partial charge in [-0.05, 0) is 78.8 Å². The van der Waals surface area contributed by atoms with Crippen molar-refractivity contribution >= 4 is 34.2 Å². The molecule has 2 aromatic carbocycles. The molecule has 0 spiro atoms. The highest BCUT2D eigenvalue weighted by Crippen LogP contribution is 2.34. The van der Waals surface area contributed by atoms with Crippen LogP contribution in [0.5, 0.6) is 0 Å². The van der Waals surface area contributed by atoms with Gasteiger partial charge in [0.15, 0.2) is 0 Å². The predicted octanol–water partition coefficient (Wildman–Crippen LogP) is 5.72. The van der Waals surface area contributed by atoms with E-state index in [1.165, 1.54) is 12.8 Å². The third-order valence-electron chi connectivity index (χ3n) is 6.43. The van der Waals surface area contributed by atoms with Crippen LogP contribution in [0.4, 0.5) is 5.82 Å². The molecular formula is C27H24ClN5O. The van der Waals surface area contributed by atoms with E-state index in [0.717, 1.165) is 46.3 Å². The van der Waals surface area contributed by atoms with Crippen molar-refractivity contribution in [2.24, 2.45) is 0 Å². The van der Waals surface area contributed by atoms with Crippen LogP contribution in [0.15, 0.2) is 67.3 Å². The van der Waals surface area contributed by atoms with Crippen LogP contribution in [-0.2, 0) is 6.54 Å². The first-order valence-electron chi connectivity index (χ1n) is 11.7. The maximum atomic E-state index is 13.2. The molecule has 170 valence electrons. The first kappa shape index (κ1) is 21.1. The summed E-state index contributed by atoms with van der Waals surface area (Å²) in [5.74, 6) is 0.876. The lowest BCUT2D eigenvalue weighted by Gasteiger charge is -2.23. The van der Waals surface area contributed by atoms with E-state index in [2.05, 4.69) is 38.5 Å². The Morgan fingerprint density at radius 3 is 2.62 bits per heavy atom. The van der Waals surface area contributed by atoms with Crippen molar-refractivity contribution in [2.75, 3.05) is 5.32 Å². The number of amides is 1. The Bertz CT molecular complexity index is 1370. The summed E-state index contributed by atoms with van der Waals surface area (Å²) in [5.41, 5.74) is 4.57. The Kier molecular flexibility index (Phi) is 5.38. The molecule has 34 heavy (non-hydrogen) atoms. The zero-order chi connectivity index (χ0) is 23.1. The molecule has 1 N–H and O–H groups in total. The van der Waals surface area contributed by atoms with Gasteiger partial charge in [-0.2, -0.15) is 0 Å². The molecular weight excluding hydrogens is 446 g/mol. The number of anilines is 1. The minimum absolute atomic E-state index is 0.00397. The summed E-state index contributed by atoms with van der Waals surface area (Å²) >= 11 is 6.61. The van der Waals surface area contributed by atoms with Crippen molar-refractivity contribution in [1.82, 2.24) is 19.9 Å². The van der Waals surface area contributed by atoms with Gasteiger partial charge in [0, 0.05) is 41.4 Å². The van der Waals surface area contributed by atoms with Gasteiger partial charge in [0.05, 0.1) is 11.1 Å². The van der Waals surface area contributed by atoms with Gasteiger partial charge in [0.2, 0.25) is 0 Å². The van der Waals surface area contributed by atoms with Crippen LogP contribution in [0, 0.1) is 0 Å². The lowest BCUT2D eigenvalue weighted by atomic mass is 10.0. The molecule has 2 aliphatic rings. The van der Waals surface area contributed by atoms with Crippen LogP contribution in [0.1, 0.15) is 41.6 Å². The molecule has 2 heterocycles. The first-order valence-corrected chi connectivity index (χ1v) is 12.0. The molecule has 0 atom stereocenters. The number of pyridine rings is 1. The molecule has 2 saturated carbocycles. The van der Waals surface area contributed by atoms with E-state index in [0.29, 0.717) is 23.2 Å². The van der Waals surface area contributed by atoms with Gasteiger partial charge in [0.25, 0.3) is 5.91 Å².